The van der Waals surface area contributed by atoms with Crippen LogP contribution in [0.25, 0.3) is 16.7 Å². The summed E-state index contributed by atoms with van der Waals surface area (Å²) in [5.74, 6) is -1.88. The summed E-state index contributed by atoms with van der Waals surface area (Å²) in [6.07, 6.45) is -4.09. The van der Waals surface area contributed by atoms with E-state index in [0.29, 0.717) is 15.7 Å². The monoisotopic (exact) mass is 471 g/mol. The third-order valence-electron chi connectivity index (χ3n) is 4.79. The van der Waals surface area contributed by atoms with E-state index >= 15 is 0 Å². The summed E-state index contributed by atoms with van der Waals surface area (Å²) in [4.78, 5) is 36.6. The summed E-state index contributed by atoms with van der Waals surface area (Å²) in [5.41, 5.74) is -2.51. The van der Waals surface area contributed by atoms with Gasteiger partial charge in [-0.15, -0.1) is 0 Å². The number of fused-ring (bicyclic) bond motifs is 1. The number of para-hydroxylation sites is 1. The Morgan fingerprint density at radius 1 is 1.09 bits per heavy atom. The fourth-order valence-corrected chi connectivity index (χ4v) is 3.28. The number of nitrogens with one attached hydrogen (secondary N) is 1. The highest BCUT2D eigenvalue weighted by atomic mass is 19.4. The van der Waals surface area contributed by atoms with Gasteiger partial charge in [-0.1, -0.05) is 18.2 Å². The van der Waals surface area contributed by atoms with Crippen molar-refractivity contribution >= 4 is 28.5 Å². The lowest BCUT2D eigenvalue weighted by Crippen LogP contribution is -2.20. The van der Waals surface area contributed by atoms with Gasteiger partial charge >= 0.3 is 17.8 Å². The number of halogens is 3. The van der Waals surface area contributed by atoms with Gasteiger partial charge in [0.25, 0.3) is 5.91 Å². The molecular weight excluding hydrogens is 455 g/mol. The van der Waals surface area contributed by atoms with Crippen LogP contribution in [-0.4, -0.2) is 28.3 Å². The average molecular weight is 471 g/mol. The van der Waals surface area contributed by atoms with Crippen LogP contribution in [0.15, 0.2) is 70.0 Å². The van der Waals surface area contributed by atoms with E-state index < -0.39 is 34.9 Å². The molecule has 0 bridgehead atoms. The molecule has 11 heteroatoms. The normalized spacial score (nSPS) is 11.4. The van der Waals surface area contributed by atoms with Crippen LogP contribution in [0.3, 0.4) is 0 Å². The minimum absolute atomic E-state index is 0.00825. The first kappa shape index (κ1) is 22.8. The molecule has 1 amide bonds. The topological polar surface area (TPSA) is 103 Å². The Labute approximate surface area is 189 Å². The molecule has 0 aliphatic heterocycles. The lowest BCUT2D eigenvalue weighted by atomic mass is 10.1. The second-order valence-corrected chi connectivity index (χ2v) is 7.02. The Morgan fingerprint density at radius 2 is 1.79 bits per heavy atom. The highest BCUT2D eigenvalue weighted by Crippen LogP contribution is 2.34. The highest BCUT2D eigenvalue weighted by molar-refractivity contribution is 6.05. The van der Waals surface area contributed by atoms with E-state index in [0.717, 1.165) is 6.20 Å². The van der Waals surface area contributed by atoms with Crippen LogP contribution in [0.5, 0.6) is 0 Å². The molecule has 174 valence electrons. The van der Waals surface area contributed by atoms with Gasteiger partial charge in [0.1, 0.15) is 16.7 Å². The number of carbonyl (C=O) groups is 2. The lowest BCUT2D eigenvalue weighted by molar-refractivity contribution is -0.143. The van der Waals surface area contributed by atoms with Gasteiger partial charge in [0.05, 0.1) is 18.5 Å². The van der Waals surface area contributed by atoms with Gasteiger partial charge in [0, 0.05) is 11.1 Å². The minimum Gasteiger partial charge on any atom is -0.462 e. The molecule has 0 saturated carbocycles. The van der Waals surface area contributed by atoms with Crippen LogP contribution < -0.4 is 10.9 Å². The second kappa shape index (κ2) is 8.85. The maximum Gasteiger partial charge on any atom is 0.434 e. The van der Waals surface area contributed by atoms with Crippen molar-refractivity contribution in [1.29, 1.82) is 0 Å². The molecule has 0 aliphatic carbocycles. The number of carbonyl (C=O) groups excluding carboxylic acids is 2. The maximum atomic E-state index is 13.7. The van der Waals surface area contributed by atoms with Gasteiger partial charge in [-0.25, -0.2) is 14.3 Å². The fourth-order valence-electron chi connectivity index (χ4n) is 3.28. The zero-order valence-corrected chi connectivity index (χ0v) is 17.6. The Bertz CT molecular complexity index is 1440. The van der Waals surface area contributed by atoms with Gasteiger partial charge < -0.3 is 14.5 Å². The smallest absolute Gasteiger partial charge is 0.434 e. The van der Waals surface area contributed by atoms with Gasteiger partial charge in [-0.3, -0.25) is 4.79 Å². The molecule has 2 heterocycles. The highest BCUT2D eigenvalue weighted by Gasteiger charge is 2.41. The number of rotatable bonds is 5. The van der Waals surface area contributed by atoms with E-state index in [9.17, 15) is 27.6 Å². The molecule has 34 heavy (non-hydrogen) atoms. The Balaban J connectivity index is 1.61. The van der Waals surface area contributed by atoms with Crippen molar-refractivity contribution < 1.29 is 31.9 Å². The molecule has 0 fully saturated rings. The van der Waals surface area contributed by atoms with Gasteiger partial charge in [-0.05, 0) is 43.3 Å². The third kappa shape index (κ3) is 4.40. The molecule has 4 aromatic rings. The molecule has 8 nitrogen and oxygen atoms in total. The second-order valence-electron chi connectivity index (χ2n) is 7.02. The van der Waals surface area contributed by atoms with Crippen molar-refractivity contribution in [3.8, 4) is 5.69 Å². The zero-order chi connectivity index (χ0) is 24.5. The SMILES string of the molecule is CCOC(=O)c1cnn(-c2ccc(NC(=O)c3cc4ccccc4oc3=O)cc2)c1C(F)(F)F. The van der Waals surface area contributed by atoms with Crippen molar-refractivity contribution in [1.82, 2.24) is 9.78 Å². The number of aromatic nitrogens is 2. The van der Waals surface area contributed by atoms with Crippen molar-refractivity contribution in [2.75, 3.05) is 11.9 Å². The minimum atomic E-state index is -4.88. The van der Waals surface area contributed by atoms with Crippen molar-refractivity contribution in [2.45, 2.75) is 13.1 Å². The number of ether oxygens (including phenoxy) is 1. The first-order valence-electron chi connectivity index (χ1n) is 9.96. The molecule has 0 aliphatic rings. The molecule has 0 saturated heterocycles. The van der Waals surface area contributed by atoms with E-state index in [2.05, 4.69) is 15.2 Å². The van der Waals surface area contributed by atoms with Gasteiger partial charge in [0.2, 0.25) is 0 Å². The number of hydrogen-bond donors (Lipinski definition) is 1. The van der Waals surface area contributed by atoms with E-state index in [-0.39, 0.29) is 23.5 Å². The third-order valence-corrected chi connectivity index (χ3v) is 4.79. The van der Waals surface area contributed by atoms with Gasteiger partial charge in [-0.2, -0.15) is 18.3 Å². The molecule has 2 aromatic heterocycles. The molecule has 0 spiro atoms. The molecule has 2 aromatic carbocycles. The summed E-state index contributed by atoms with van der Waals surface area (Å²) in [5, 5.41) is 6.75. The number of benzene rings is 2. The summed E-state index contributed by atoms with van der Waals surface area (Å²) in [6, 6.07) is 13.3. The predicted octanol–water partition coefficient (Wildman–Crippen LogP) is 4.43. The standard InChI is InChI=1S/C23H16F3N3O5/c1-2-33-21(31)17-12-27-29(19(17)23(24,25)26)15-9-7-14(8-10-15)28-20(30)16-11-13-5-3-4-6-18(13)34-22(16)32/h3-12H,2H2,1H3,(H,28,30). The van der Waals surface area contributed by atoms with Gasteiger partial charge in [0.15, 0.2) is 5.69 Å². The Morgan fingerprint density at radius 3 is 2.47 bits per heavy atom. The van der Waals surface area contributed by atoms with Crippen LogP contribution in [0.2, 0.25) is 0 Å². The summed E-state index contributed by atoms with van der Waals surface area (Å²) in [6.45, 7) is 1.38. The Hall–Kier alpha value is -4.41. The number of anilines is 1. The average Bonchev–Trinajstić information content (AvgIpc) is 3.25. The van der Waals surface area contributed by atoms with E-state index in [1.165, 1.54) is 37.3 Å². The summed E-state index contributed by atoms with van der Waals surface area (Å²) < 4.78 is 51.3. The molecule has 0 atom stereocenters. The molecular formula is C23H16F3N3O5. The van der Waals surface area contributed by atoms with Crippen molar-refractivity contribution in [3.05, 3.63) is 88.0 Å². The van der Waals surface area contributed by atoms with Crippen LogP contribution >= 0.6 is 0 Å². The molecule has 4 rings (SSSR count). The number of amides is 1. The zero-order valence-electron chi connectivity index (χ0n) is 17.6. The number of esters is 1. The van der Waals surface area contributed by atoms with E-state index in [4.69, 9.17) is 4.42 Å². The summed E-state index contributed by atoms with van der Waals surface area (Å²) in [7, 11) is 0. The van der Waals surface area contributed by atoms with Crippen LogP contribution in [0, 0.1) is 0 Å². The van der Waals surface area contributed by atoms with E-state index in [1.54, 1.807) is 24.3 Å². The fraction of sp³-hybridized carbons (Fsp3) is 0.130. The number of nitrogens with zero attached hydrogens (tertiary/aromatic N) is 2. The van der Waals surface area contributed by atoms with Crippen molar-refractivity contribution in [3.63, 3.8) is 0 Å². The summed E-state index contributed by atoms with van der Waals surface area (Å²) >= 11 is 0. The first-order valence-corrected chi connectivity index (χ1v) is 9.96. The van der Waals surface area contributed by atoms with Crippen molar-refractivity contribution in [2.24, 2.45) is 0 Å². The predicted molar refractivity (Wildman–Crippen MR) is 115 cm³/mol. The Kier molecular flexibility index (Phi) is 5.93. The van der Waals surface area contributed by atoms with E-state index in [1.807, 2.05) is 0 Å². The molecule has 0 unspecified atom stereocenters. The first-order chi connectivity index (χ1) is 16.2. The van der Waals surface area contributed by atoms with Crippen LogP contribution in [-0.2, 0) is 10.9 Å². The lowest BCUT2D eigenvalue weighted by Gasteiger charge is -2.13. The quantitative estimate of drug-likeness (QED) is 0.341. The number of alkyl halides is 3. The molecule has 1 N–H and O–H groups in total. The number of hydrogen-bond acceptors (Lipinski definition) is 6. The molecule has 0 radical (unpaired) electrons. The van der Waals surface area contributed by atoms with Crippen LogP contribution in [0.1, 0.15) is 33.3 Å². The maximum absolute atomic E-state index is 13.7. The largest absolute Gasteiger partial charge is 0.462 e. The van der Waals surface area contributed by atoms with Crippen LogP contribution in [0.4, 0.5) is 18.9 Å².